The Hall–Kier alpha value is -5.54. The smallest absolute Gasteiger partial charge is 0.352 e. The average Bonchev–Trinajstić information content (AvgIpc) is 3.59. The minimum absolute atomic E-state index is 0.0421. The number of thiazole rings is 1. The van der Waals surface area contributed by atoms with E-state index in [1.54, 1.807) is 0 Å². The number of aromatic nitrogens is 1. The van der Waals surface area contributed by atoms with Crippen molar-refractivity contribution in [1.29, 1.82) is 0 Å². The number of amides is 2. The van der Waals surface area contributed by atoms with Crippen LogP contribution in [0.1, 0.15) is 53.7 Å². The number of aromatic hydroxyl groups is 2. The molecule has 8 N–H and O–H groups in total. The van der Waals surface area contributed by atoms with Crippen LogP contribution in [0, 0.1) is 18.3 Å². The van der Waals surface area contributed by atoms with Gasteiger partial charge in [0.15, 0.2) is 28.1 Å². The Bertz CT molecular complexity index is 2050. The Morgan fingerprint density at radius 2 is 1.79 bits per heavy atom. The number of nitrogens with two attached hydrogens (primary N) is 1. The number of phenolic OH excluding ortho intramolecular Hbond substituents is 2. The maximum Gasteiger partial charge on any atom is 0.352 e. The summed E-state index contributed by atoms with van der Waals surface area (Å²) in [5, 5.41) is 55.5. The molecule has 0 aliphatic carbocycles. The number of carbonyl (C=O) groups is 7. The molecule has 0 spiro atoms. The lowest BCUT2D eigenvalue weighted by molar-refractivity contribution is -0.941. The number of nitrogens with zero attached hydrogens (tertiary/aromatic N) is 4. The van der Waals surface area contributed by atoms with Gasteiger partial charge in [-0.3, -0.25) is 28.9 Å². The number of phenols is 2. The second-order valence-corrected chi connectivity index (χ2v) is 16.5. The Morgan fingerprint density at radius 3 is 2.36 bits per heavy atom. The number of rotatable bonds is 16. The number of fused-ring (bicyclic) bond motifs is 4. The van der Waals surface area contributed by atoms with Crippen LogP contribution in [-0.2, 0) is 33.6 Å². The summed E-state index contributed by atoms with van der Waals surface area (Å²) in [6.45, 7) is 4.21. The molecule has 298 valence electrons. The molecule has 21 heteroatoms. The highest BCUT2D eigenvalue weighted by atomic mass is 32.2. The predicted octanol–water partition coefficient (Wildman–Crippen LogP) is 0.923. The summed E-state index contributed by atoms with van der Waals surface area (Å²) in [5.41, 5.74) is 5.61. The number of hydrogen-bond acceptors (Lipinski definition) is 15. The van der Waals surface area contributed by atoms with Crippen molar-refractivity contribution in [2.24, 2.45) is 16.5 Å². The van der Waals surface area contributed by atoms with E-state index in [2.05, 4.69) is 15.5 Å². The highest BCUT2D eigenvalue weighted by molar-refractivity contribution is 8.00. The van der Waals surface area contributed by atoms with E-state index in [9.17, 15) is 54.0 Å². The number of aliphatic carboxylic acids is 3. The quantitative estimate of drug-likeness (QED) is 0.0236. The molecule has 19 nitrogen and oxygen atoms in total. The van der Waals surface area contributed by atoms with Crippen LogP contribution in [0.4, 0.5) is 5.13 Å². The average molecular weight is 816 g/mol. The van der Waals surface area contributed by atoms with Crippen molar-refractivity contribution in [2.75, 3.05) is 44.2 Å². The molecule has 1 aromatic carbocycles. The van der Waals surface area contributed by atoms with Gasteiger partial charge < -0.3 is 45.9 Å². The van der Waals surface area contributed by atoms with Gasteiger partial charge in [0.1, 0.15) is 17.9 Å². The van der Waals surface area contributed by atoms with Crippen molar-refractivity contribution >= 4 is 75.2 Å². The fourth-order valence-corrected chi connectivity index (χ4v) is 9.68. The second kappa shape index (κ2) is 15.5. The Labute approximate surface area is 326 Å². The van der Waals surface area contributed by atoms with Gasteiger partial charge in [0, 0.05) is 59.9 Å². The molecule has 7 rings (SSSR count). The number of ketones is 2. The van der Waals surface area contributed by atoms with Gasteiger partial charge in [0.2, 0.25) is 17.8 Å². The zero-order valence-corrected chi connectivity index (χ0v) is 31.6. The molecule has 56 heavy (non-hydrogen) atoms. The van der Waals surface area contributed by atoms with E-state index in [1.165, 1.54) is 35.0 Å². The van der Waals surface area contributed by atoms with E-state index in [4.69, 9.17) is 15.7 Å². The molecular formula is C35H39N6O13S2+. The summed E-state index contributed by atoms with van der Waals surface area (Å²) >= 11 is 2.28. The van der Waals surface area contributed by atoms with E-state index >= 15 is 0 Å². The number of β-lactam (4-membered cyclic amide) rings is 1. The zero-order valence-electron chi connectivity index (χ0n) is 29.9. The molecule has 2 aromatic rings. The van der Waals surface area contributed by atoms with Crippen molar-refractivity contribution in [3.05, 3.63) is 45.6 Å². The van der Waals surface area contributed by atoms with Crippen LogP contribution in [0.5, 0.6) is 11.5 Å². The first-order valence-electron chi connectivity index (χ1n) is 17.5. The fourth-order valence-electron chi connectivity index (χ4n) is 7.73. The van der Waals surface area contributed by atoms with Crippen LogP contribution in [-0.4, -0.2) is 137 Å². The lowest BCUT2D eigenvalue weighted by atomic mass is 9.70. The highest BCUT2D eigenvalue weighted by Gasteiger charge is 2.56. The number of piperidine rings is 3. The number of oxime groups is 1. The van der Waals surface area contributed by atoms with Gasteiger partial charge in [-0.1, -0.05) is 5.16 Å². The highest BCUT2D eigenvalue weighted by Crippen LogP contribution is 2.48. The molecule has 0 radical (unpaired) electrons. The van der Waals surface area contributed by atoms with Gasteiger partial charge in [-0.15, -0.1) is 23.1 Å². The number of aryl methyl sites for hydroxylation is 1. The third-order valence-electron chi connectivity index (χ3n) is 10.9. The van der Waals surface area contributed by atoms with Gasteiger partial charge in [0.05, 0.1) is 37.3 Å². The van der Waals surface area contributed by atoms with Crippen molar-refractivity contribution in [2.45, 2.75) is 50.5 Å². The first kappa shape index (κ1) is 40.1. The number of carbonyl (C=O) groups excluding carboxylic acids is 4. The van der Waals surface area contributed by atoms with E-state index < -0.39 is 83.0 Å². The van der Waals surface area contributed by atoms with Crippen molar-refractivity contribution in [1.82, 2.24) is 15.2 Å². The first-order valence-corrected chi connectivity index (χ1v) is 19.4. The molecule has 5 aliphatic rings. The van der Waals surface area contributed by atoms with Gasteiger partial charge in [-0.25, -0.2) is 14.6 Å². The lowest BCUT2D eigenvalue weighted by Crippen LogP contribution is -2.66. The standard InChI is InChI=1S/C35H38N6O13S2/c1-16-8-17(9-22(43)27(16)46)28(47)29(48)37-15-35-2-5-41(6-3-35,7-4-35)12-18-13-55-31-19(30(49)40(31)26(18)33(52)53)10-21(42)25(20-14-56-34(36)38-20)39-54-23(32(50)51)11-24(44)45/h8-9,14,19,23,31H,2-7,10-13,15H2,1H3,(H7-,36,37,38,39,42,43,44,45,46,47,48,50,51,52,53)/p+1/t19-,23+,31-,35?,41?/m1/s1. The van der Waals surface area contributed by atoms with E-state index in [1.807, 2.05) is 0 Å². The number of carboxylic acid groups (broad SMARTS) is 3. The number of carboxylic acids is 3. The van der Waals surface area contributed by atoms with Crippen LogP contribution in [0.3, 0.4) is 0 Å². The van der Waals surface area contributed by atoms with Crippen LogP contribution in [0.2, 0.25) is 0 Å². The Kier molecular flexibility index (Phi) is 11.1. The lowest BCUT2D eigenvalue weighted by Gasteiger charge is -2.56. The minimum atomic E-state index is -1.92. The number of Topliss-reactive ketones (excluding diaryl/α,β-unsaturated/α-hetero) is 2. The number of anilines is 1. The number of quaternary nitrogens is 1. The maximum atomic E-state index is 13.6. The minimum Gasteiger partial charge on any atom is -0.504 e. The Balaban J connectivity index is 1.09. The topological polar surface area (TPSA) is 296 Å². The maximum absolute atomic E-state index is 13.6. The van der Waals surface area contributed by atoms with E-state index in [-0.39, 0.29) is 45.4 Å². The monoisotopic (exact) mass is 815 g/mol. The van der Waals surface area contributed by atoms with Gasteiger partial charge in [-0.05, 0) is 24.6 Å². The zero-order chi connectivity index (χ0) is 40.7. The number of nitrogens with one attached hydrogen (secondary N) is 1. The second-order valence-electron chi connectivity index (χ2n) is 14.5. The molecule has 2 bridgehead atoms. The van der Waals surface area contributed by atoms with Crippen LogP contribution in [0.15, 0.2) is 33.9 Å². The number of nitrogen functional groups attached to an aromatic ring is 1. The fraction of sp³-hybridized carbons (Fsp3) is 0.457. The molecular weight excluding hydrogens is 777 g/mol. The summed E-state index contributed by atoms with van der Waals surface area (Å²) in [7, 11) is 0. The molecule has 1 aromatic heterocycles. The number of hydrogen-bond donors (Lipinski definition) is 7. The largest absolute Gasteiger partial charge is 0.504 e. The third kappa shape index (κ3) is 7.91. The van der Waals surface area contributed by atoms with Gasteiger partial charge >= 0.3 is 17.9 Å². The van der Waals surface area contributed by atoms with Crippen molar-refractivity contribution in [3.8, 4) is 11.5 Å². The molecule has 4 saturated heterocycles. The predicted molar refractivity (Wildman–Crippen MR) is 197 cm³/mol. The summed E-state index contributed by atoms with van der Waals surface area (Å²) in [6, 6.07) is 2.38. The summed E-state index contributed by atoms with van der Waals surface area (Å²) in [4.78, 5) is 98.1. The van der Waals surface area contributed by atoms with Gasteiger partial charge in [-0.2, -0.15) is 0 Å². The molecule has 4 fully saturated rings. The molecule has 3 atom stereocenters. The van der Waals surface area contributed by atoms with Crippen LogP contribution in [0.25, 0.3) is 0 Å². The first-order chi connectivity index (χ1) is 26.4. The van der Waals surface area contributed by atoms with E-state index in [0.717, 1.165) is 17.4 Å². The molecule has 0 saturated carbocycles. The molecule has 5 aliphatic heterocycles. The molecule has 6 heterocycles. The van der Waals surface area contributed by atoms with Crippen LogP contribution < -0.4 is 11.1 Å². The van der Waals surface area contributed by atoms with E-state index in [0.29, 0.717) is 61.3 Å². The molecule has 2 amide bonds. The van der Waals surface area contributed by atoms with Crippen LogP contribution >= 0.6 is 23.1 Å². The summed E-state index contributed by atoms with van der Waals surface area (Å²) < 4.78 is 0.595. The van der Waals surface area contributed by atoms with Crippen molar-refractivity contribution < 1.29 is 68.4 Å². The van der Waals surface area contributed by atoms with Gasteiger partial charge in [0.25, 0.3) is 5.91 Å². The Morgan fingerprint density at radius 1 is 1.11 bits per heavy atom. The normalized spacial score (nSPS) is 24.8. The molecule has 0 unspecified atom stereocenters. The third-order valence-corrected chi connectivity index (χ3v) is 13.0. The SMILES string of the molecule is Cc1cc(C(=O)C(=O)NCC23CC[N+](CC4=C(C(=O)O)N5C(=O)[C@@H](CC(=O)/C(=N\O[C@@H](CC(=O)O)C(=O)O)c6csc(N)n6)[C@H]5SC4)(CC2)CC3)cc(O)c1O. The van der Waals surface area contributed by atoms with Crippen molar-refractivity contribution in [3.63, 3.8) is 0 Å². The summed E-state index contributed by atoms with van der Waals surface area (Å²) in [6.07, 6.45) is -1.17. The number of thioether (sulfide) groups is 1. The number of benzene rings is 1. The summed E-state index contributed by atoms with van der Waals surface area (Å²) in [5.74, 6) is -8.90.